The smallest absolute Gasteiger partial charge is 0.338 e. The molecule has 0 fully saturated rings. The fraction of sp³-hybridized carbons (Fsp3) is 0.680. The average Bonchev–Trinajstić information content (AvgIpc) is 2.68. The van der Waals surface area contributed by atoms with Crippen LogP contribution in [-0.4, -0.2) is 24.6 Å². The van der Waals surface area contributed by atoms with Crippen LogP contribution in [0, 0.1) is 5.92 Å². The van der Waals surface area contributed by atoms with Gasteiger partial charge in [-0.3, -0.25) is 0 Å². The normalized spacial score (nSPS) is 12.0. The van der Waals surface area contributed by atoms with Crippen LogP contribution in [0.2, 0.25) is 0 Å². The first kappa shape index (κ1) is 25.2. The summed E-state index contributed by atoms with van der Waals surface area (Å²) >= 11 is 0. The van der Waals surface area contributed by atoms with E-state index in [1.165, 1.54) is 44.9 Å². The van der Waals surface area contributed by atoms with Gasteiger partial charge in [0, 0.05) is 0 Å². The zero-order valence-corrected chi connectivity index (χ0v) is 18.9. The zero-order chi connectivity index (χ0) is 21.5. The van der Waals surface area contributed by atoms with Crippen molar-refractivity contribution in [3.05, 3.63) is 35.4 Å². The first-order valence-electron chi connectivity index (χ1n) is 11.4. The second kappa shape index (κ2) is 15.1. The molecule has 4 nitrogen and oxygen atoms in total. The summed E-state index contributed by atoms with van der Waals surface area (Å²) < 4.78 is 10.8. The third-order valence-corrected chi connectivity index (χ3v) is 4.93. The lowest BCUT2D eigenvalue weighted by atomic mass is 10.1. The van der Waals surface area contributed by atoms with Crippen LogP contribution in [0.3, 0.4) is 0 Å². The largest absolute Gasteiger partial charge is 0.462 e. The van der Waals surface area contributed by atoms with Crippen LogP contribution in [0.1, 0.15) is 113 Å². The fourth-order valence-electron chi connectivity index (χ4n) is 3.40. The minimum atomic E-state index is -0.397. The molecule has 0 bridgehead atoms. The first-order valence-corrected chi connectivity index (χ1v) is 11.4. The van der Waals surface area contributed by atoms with Crippen molar-refractivity contribution < 1.29 is 19.1 Å². The highest BCUT2D eigenvalue weighted by Gasteiger charge is 2.15. The number of hydrogen-bond donors (Lipinski definition) is 0. The lowest BCUT2D eigenvalue weighted by Crippen LogP contribution is -2.17. The summed E-state index contributed by atoms with van der Waals surface area (Å²) in [7, 11) is 0. The minimum absolute atomic E-state index is 0.148. The van der Waals surface area contributed by atoms with Gasteiger partial charge in [-0.25, -0.2) is 9.59 Å². The number of esters is 2. The molecule has 0 aliphatic rings. The van der Waals surface area contributed by atoms with Crippen molar-refractivity contribution in [2.75, 3.05) is 6.61 Å². The molecule has 0 saturated heterocycles. The Labute approximate surface area is 177 Å². The Kier molecular flexibility index (Phi) is 13.1. The molecule has 1 unspecified atom stereocenters. The van der Waals surface area contributed by atoms with E-state index < -0.39 is 5.97 Å². The standard InChI is InChI=1S/C25H40O4/c1-5-6-7-8-9-10-11-12-13-17-28-24(26)22-15-14-16-23(19-22)25(27)29-21(4)18-20(2)3/h14-16,19-21H,5-13,17-18H2,1-4H3. The SMILES string of the molecule is CCCCCCCCCCCOC(=O)c1cccc(C(=O)OC(C)CC(C)C)c1. The number of ether oxygens (including phenoxy) is 2. The van der Waals surface area contributed by atoms with Crippen LogP contribution < -0.4 is 0 Å². The van der Waals surface area contributed by atoms with Gasteiger partial charge in [0.05, 0.1) is 23.8 Å². The van der Waals surface area contributed by atoms with Gasteiger partial charge in [0.15, 0.2) is 0 Å². The van der Waals surface area contributed by atoms with Crippen molar-refractivity contribution in [2.45, 2.75) is 98.0 Å². The number of carbonyl (C=O) groups is 2. The summed E-state index contributed by atoms with van der Waals surface area (Å²) in [4.78, 5) is 24.5. The molecule has 0 amide bonds. The highest BCUT2D eigenvalue weighted by atomic mass is 16.5. The summed E-state index contributed by atoms with van der Waals surface area (Å²) in [5.41, 5.74) is 0.782. The predicted octanol–water partition coefficient (Wildman–Crippen LogP) is 6.97. The highest BCUT2D eigenvalue weighted by molar-refractivity contribution is 5.95. The van der Waals surface area contributed by atoms with Crippen LogP contribution in [-0.2, 0) is 9.47 Å². The van der Waals surface area contributed by atoms with Crippen LogP contribution in [0.15, 0.2) is 24.3 Å². The van der Waals surface area contributed by atoms with E-state index in [1.807, 2.05) is 6.92 Å². The van der Waals surface area contributed by atoms with Crippen molar-refractivity contribution in [3.8, 4) is 0 Å². The van der Waals surface area contributed by atoms with Gasteiger partial charge in [-0.1, -0.05) is 78.2 Å². The molecule has 1 aromatic rings. The highest BCUT2D eigenvalue weighted by Crippen LogP contribution is 2.14. The Balaban J connectivity index is 2.29. The molecule has 164 valence electrons. The number of rotatable bonds is 15. The second-order valence-corrected chi connectivity index (χ2v) is 8.39. The molecule has 0 heterocycles. The number of benzene rings is 1. The third kappa shape index (κ3) is 11.7. The molecule has 1 rings (SSSR count). The van der Waals surface area contributed by atoms with E-state index in [0.29, 0.717) is 23.7 Å². The fourth-order valence-corrected chi connectivity index (χ4v) is 3.40. The molecule has 0 spiro atoms. The monoisotopic (exact) mass is 404 g/mol. The van der Waals surface area contributed by atoms with E-state index in [2.05, 4.69) is 20.8 Å². The van der Waals surface area contributed by atoms with Crippen LogP contribution in [0.4, 0.5) is 0 Å². The Morgan fingerprint density at radius 1 is 0.828 bits per heavy atom. The van der Waals surface area contributed by atoms with E-state index in [-0.39, 0.29) is 12.1 Å². The maximum Gasteiger partial charge on any atom is 0.338 e. The molecular formula is C25H40O4. The number of hydrogen-bond acceptors (Lipinski definition) is 4. The van der Waals surface area contributed by atoms with Gasteiger partial charge in [-0.15, -0.1) is 0 Å². The van der Waals surface area contributed by atoms with Gasteiger partial charge in [-0.05, 0) is 43.9 Å². The molecule has 1 atom stereocenters. The van der Waals surface area contributed by atoms with Crippen molar-refractivity contribution in [3.63, 3.8) is 0 Å². The molecule has 0 N–H and O–H groups in total. The van der Waals surface area contributed by atoms with E-state index >= 15 is 0 Å². The molecule has 0 aliphatic heterocycles. The molecule has 0 aliphatic carbocycles. The van der Waals surface area contributed by atoms with Gasteiger partial charge in [0.2, 0.25) is 0 Å². The van der Waals surface area contributed by atoms with Crippen molar-refractivity contribution >= 4 is 11.9 Å². The third-order valence-electron chi connectivity index (χ3n) is 4.93. The zero-order valence-electron chi connectivity index (χ0n) is 18.9. The number of carbonyl (C=O) groups excluding carboxylic acids is 2. The Hall–Kier alpha value is -1.84. The number of unbranched alkanes of at least 4 members (excludes halogenated alkanes) is 8. The lowest BCUT2D eigenvalue weighted by Gasteiger charge is -2.15. The Morgan fingerprint density at radius 2 is 1.38 bits per heavy atom. The summed E-state index contributed by atoms with van der Waals surface area (Å²) in [5.74, 6) is -0.318. The van der Waals surface area contributed by atoms with Gasteiger partial charge >= 0.3 is 11.9 Å². The maximum absolute atomic E-state index is 12.3. The van der Waals surface area contributed by atoms with Gasteiger partial charge in [-0.2, -0.15) is 0 Å². The molecule has 0 aromatic heterocycles. The summed E-state index contributed by atoms with van der Waals surface area (Å²) in [5, 5.41) is 0. The van der Waals surface area contributed by atoms with Crippen LogP contribution >= 0.6 is 0 Å². The second-order valence-electron chi connectivity index (χ2n) is 8.39. The van der Waals surface area contributed by atoms with E-state index in [9.17, 15) is 9.59 Å². The van der Waals surface area contributed by atoms with Gasteiger partial charge < -0.3 is 9.47 Å². The minimum Gasteiger partial charge on any atom is -0.462 e. The first-order chi connectivity index (χ1) is 13.9. The quantitative estimate of drug-likeness (QED) is 0.234. The van der Waals surface area contributed by atoms with Gasteiger partial charge in [0.25, 0.3) is 0 Å². The van der Waals surface area contributed by atoms with Crippen molar-refractivity contribution in [1.82, 2.24) is 0 Å². The van der Waals surface area contributed by atoms with E-state index in [0.717, 1.165) is 19.3 Å². The summed E-state index contributed by atoms with van der Waals surface area (Å²) in [6.07, 6.45) is 11.7. The topological polar surface area (TPSA) is 52.6 Å². The summed E-state index contributed by atoms with van der Waals surface area (Å²) in [6, 6.07) is 6.59. The lowest BCUT2D eigenvalue weighted by molar-refractivity contribution is 0.0299. The molecule has 4 heteroatoms. The van der Waals surface area contributed by atoms with E-state index in [1.54, 1.807) is 24.3 Å². The summed E-state index contributed by atoms with van der Waals surface area (Å²) in [6.45, 7) is 8.73. The van der Waals surface area contributed by atoms with Crippen LogP contribution in [0.5, 0.6) is 0 Å². The van der Waals surface area contributed by atoms with Crippen molar-refractivity contribution in [2.24, 2.45) is 5.92 Å². The Bertz CT molecular complexity index is 594. The van der Waals surface area contributed by atoms with Crippen LogP contribution in [0.25, 0.3) is 0 Å². The molecule has 1 aromatic carbocycles. The molecule has 29 heavy (non-hydrogen) atoms. The molecular weight excluding hydrogens is 364 g/mol. The van der Waals surface area contributed by atoms with Gasteiger partial charge in [0.1, 0.15) is 0 Å². The average molecular weight is 405 g/mol. The maximum atomic E-state index is 12.3. The molecule has 0 saturated carbocycles. The van der Waals surface area contributed by atoms with E-state index in [4.69, 9.17) is 9.47 Å². The molecule has 0 radical (unpaired) electrons. The van der Waals surface area contributed by atoms with Crippen molar-refractivity contribution in [1.29, 1.82) is 0 Å². The Morgan fingerprint density at radius 3 is 1.97 bits per heavy atom. The predicted molar refractivity (Wildman–Crippen MR) is 118 cm³/mol.